The highest BCUT2D eigenvalue weighted by Crippen LogP contribution is 2.29. The van der Waals surface area contributed by atoms with E-state index in [-0.39, 0.29) is 17.4 Å². The van der Waals surface area contributed by atoms with E-state index >= 15 is 0 Å². The minimum Gasteiger partial charge on any atom is -0.356 e. The van der Waals surface area contributed by atoms with Gasteiger partial charge in [-0.3, -0.25) is 9.59 Å². The molecule has 0 radical (unpaired) electrons. The van der Waals surface area contributed by atoms with Gasteiger partial charge in [0.1, 0.15) is 0 Å². The van der Waals surface area contributed by atoms with Crippen LogP contribution in [0.15, 0.2) is 48.5 Å². The van der Waals surface area contributed by atoms with E-state index in [1.54, 1.807) is 0 Å². The summed E-state index contributed by atoms with van der Waals surface area (Å²) in [6, 6.07) is 16.0. The van der Waals surface area contributed by atoms with Gasteiger partial charge >= 0.3 is 0 Å². The predicted molar refractivity (Wildman–Crippen MR) is 112 cm³/mol. The minimum absolute atomic E-state index is 0.0106. The van der Waals surface area contributed by atoms with Gasteiger partial charge in [-0.05, 0) is 49.8 Å². The molecule has 1 heterocycles. The average molecular weight is 399 g/mol. The number of aryl methyl sites for hydroxylation is 1. The molecule has 2 aromatic rings. The van der Waals surface area contributed by atoms with E-state index in [0.29, 0.717) is 32.2 Å². The van der Waals surface area contributed by atoms with Crippen LogP contribution in [-0.2, 0) is 22.4 Å². The summed E-state index contributed by atoms with van der Waals surface area (Å²) >= 11 is 6.15. The minimum atomic E-state index is -0.327. The first-order chi connectivity index (χ1) is 13.5. The number of carbonyl (C=O) groups excluding carboxylic acids is 2. The number of nitrogens with one attached hydrogen (secondary N) is 2. The van der Waals surface area contributed by atoms with Gasteiger partial charge in [-0.1, -0.05) is 59.6 Å². The zero-order valence-corrected chi connectivity index (χ0v) is 17.0. The fraction of sp³-hybridized carbons (Fsp3) is 0.391. The van der Waals surface area contributed by atoms with E-state index in [0.717, 1.165) is 23.4 Å². The van der Waals surface area contributed by atoms with E-state index in [9.17, 15) is 9.59 Å². The molecule has 0 aliphatic carbocycles. The molecule has 1 fully saturated rings. The Morgan fingerprint density at radius 1 is 1.18 bits per heavy atom. The molecule has 2 aromatic carbocycles. The Balaban J connectivity index is 1.52. The molecule has 5 heteroatoms. The third kappa shape index (κ3) is 5.59. The Labute approximate surface area is 171 Å². The van der Waals surface area contributed by atoms with Crippen LogP contribution in [0.3, 0.4) is 0 Å². The van der Waals surface area contributed by atoms with Crippen molar-refractivity contribution in [3.63, 3.8) is 0 Å². The SMILES string of the molecule is Cc1ccc(C[C@@]2(CCC(=O)NCCc3ccccc3Cl)CCC(=O)N2)cc1. The molecule has 2 amide bonds. The van der Waals surface area contributed by atoms with Gasteiger partial charge in [0.05, 0.1) is 0 Å². The molecule has 0 spiro atoms. The van der Waals surface area contributed by atoms with Crippen molar-refractivity contribution in [1.29, 1.82) is 0 Å². The summed E-state index contributed by atoms with van der Waals surface area (Å²) in [5.41, 5.74) is 3.10. The Hall–Kier alpha value is -2.33. The Kier molecular flexibility index (Phi) is 6.74. The lowest BCUT2D eigenvalue weighted by Crippen LogP contribution is -2.44. The van der Waals surface area contributed by atoms with Gasteiger partial charge in [0, 0.05) is 29.9 Å². The standard InChI is InChI=1S/C23H27ClN2O2/c1-17-6-8-18(9-7-17)16-23(14-11-22(28)26-23)13-10-21(27)25-15-12-19-4-2-3-5-20(19)24/h2-9H,10-16H2,1H3,(H,25,27)(H,26,28)/t23-/m1/s1. The second kappa shape index (κ2) is 9.24. The smallest absolute Gasteiger partial charge is 0.220 e. The van der Waals surface area contributed by atoms with E-state index in [2.05, 4.69) is 41.8 Å². The monoisotopic (exact) mass is 398 g/mol. The van der Waals surface area contributed by atoms with Gasteiger partial charge in [0.15, 0.2) is 0 Å². The highest BCUT2D eigenvalue weighted by molar-refractivity contribution is 6.31. The molecule has 0 saturated carbocycles. The number of amides is 2. The molecule has 1 atom stereocenters. The third-order valence-electron chi connectivity index (χ3n) is 5.40. The molecule has 1 aliphatic rings. The topological polar surface area (TPSA) is 58.2 Å². The number of hydrogen-bond donors (Lipinski definition) is 2. The normalized spacial score (nSPS) is 18.7. The summed E-state index contributed by atoms with van der Waals surface area (Å²) in [5.74, 6) is 0.0859. The van der Waals surface area contributed by atoms with Gasteiger partial charge in [-0.15, -0.1) is 0 Å². The van der Waals surface area contributed by atoms with Crippen LogP contribution >= 0.6 is 11.6 Å². The first-order valence-corrected chi connectivity index (χ1v) is 10.2. The van der Waals surface area contributed by atoms with E-state index in [4.69, 9.17) is 11.6 Å². The molecule has 28 heavy (non-hydrogen) atoms. The van der Waals surface area contributed by atoms with Crippen LogP contribution in [0.4, 0.5) is 0 Å². The fourth-order valence-electron chi connectivity index (χ4n) is 3.76. The molecular weight excluding hydrogens is 372 g/mol. The molecule has 1 aliphatic heterocycles. The highest BCUT2D eigenvalue weighted by atomic mass is 35.5. The maximum absolute atomic E-state index is 12.3. The lowest BCUT2D eigenvalue weighted by molar-refractivity contribution is -0.122. The molecule has 1 saturated heterocycles. The summed E-state index contributed by atoms with van der Waals surface area (Å²) in [4.78, 5) is 24.2. The molecule has 2 N–H and O–H groups in total. The molecule has 0 unspecified atom stereocenters. The lowest BCUT2D eigenvalue weighted by Gasteiger charge is -2.29. The number of rotatable bonds is 8. The van der Waals surface area contributed by atoms with Crippen molar-refractivity contribution in [1.82, 2.24) is 10.6 Å². The third-order valence-corrected chi connectivity index (χ3v) is 5.77. The van der Waals surface area contributed by atoms with Crippen LogP contribution in [-0.4, -0.2) is 23.9 Å². The molecule has 0 aromatic heterocycles. The van der Waals surface area contributed by atoms with Crippen LogP contribution in [0.1, 0.15) is 42.4 Å². The number of hydrogen-bond acceptors (Lipinski definition) is 2. The Bertz CT molecular complexity index is 835. The Morgan fingerprint density at radius 3 is 2.61 bits per heavy atom. The predicted octanol–water partition coefficient (Wildman–Crippen LogP) is 3.98. The van der Waals surface area contributed by atoms with Gasteiger partial charge in [-0.25, -0.2) is 0 Å². The van der Waals surface area contributed by atoms with Crippen molar-refractivity contribution in [2.45, 2.75) is 51.0 Å². The second-order valence-corrected chi connectivity index (χ2v) is 8.09. The molecule has 0 bridgehead atoms. The average Bonchev–Trinajstić information content (AvgIpc) is 3.04. The van der Waals surface area contributed by atoms with E-state index in [1.807, 2.05) is 24.3 Å². The van der Waals surface area contributed by atoms with Crippen molar-refractivity contribution in [2.24, 2.45) is 0 Å². The first-order valence-electron chi connectivity index (χ1n) is 9.82. The summed E-state index contributed by atoms with van der Waals surface area (Å²) in [6.07, 6.45) is 3.80. The molecule has 148 valence electrons. The van der Waals surface area contributed by atoms with Crippen molar-refractivity contribution in [3.8, 4) is 0 Å². The lowest BCUT2D eigenvalue weighted by atomic mass is 9.84. The molecule has 4 nitrogen and oxygen atoms in total. The van der Waals surface area contributed by atoms with Gasteiger partial charge in [-0.2, -0.15) is 0 Å². The number of benzene rings is 2. The van der Waals surface area contributed by atoms with Crippen LogP contribution in [0.5, 0.6) is 0 Å². The molecular formula is C23H27ClN2O2. The zero-order valence-electron chi connectivity index (χ0n) is 16.3. The maximum atomic E-state index is 12.3. The van der Waals surface area contributed by atoms with Gasteiger partial charge < -0.3 is 10.6 Å². The fourth-order valence-corrected chi connectivity index (χ4v) is 3.99. The Morgan fingerprint density at radius 2 is 1.93 bits per heavy atom. The summed E-state index contributed by atoms with van der Waals surface area (Å²) in [6.45, 7) is 2.61. The zero-order chi connectivity index (χ0) is 20.0. The quantitative estimate of drug-likeness (QED) is 0.706. The van der Waals surface area contributed by atoms with Crippen LogP contribution in [0.2, 0.25) is 5.02 Å². The first kappa shape index (κ1) is 20.4. The highest BCUT2D eigenvalue weighted by Gasteiger charge is 2.37. The van der Waals surface area contributed by atoms with Crippen LogP contribution < -0.4 is 10.6 Å². The van der Waals surface area contributed by atoms with Gasteiger partial charge in [0.2, 0.25) is 11.8 Å². The number of halogens is 1. The van der Waals surface area contributed by atoms with Crippen LogP contribution in [0, 0.1) is 6.92 Å². The maximum Gasteiger partial charge on any atom is 0.220 e. The van der Waals surface area contributed by atoms with Crippen molar-refractivity contribution in [2.75, 3.05) is 6.54 Å². The van der Waals surface area contributed by atoms with Crippen molar-refractivity contribution < 1.29 is 9.59 Å². The van der Waals surface area contributed by atoms with Crippen molar-refractivity contribution in [3.05, 3.63) is 70.2 Å². The van der Waals surface area contributed by atoms with Crippen molar-refractivity contribution >= 4 is 23.4 Å². The van der Waals surface area contributed by atoms with E-state index in [1.165, 1.54) is 11.1 Å². The summed E-state index contributed by atoms with van der Waals surface area (Å²) < 4.78 is 0. The molecule has 3 rings (SSSR count). The number of carbonyl (C=O) groups is 2. The van der Waals surface area contributed by atoms with Gasteiger partial charge in [0.25, 0.3) is 0 Å². The second-order valence-electron chi connectivity index (χ2n) is 7.68. The van der Waals surface area contributed by atoms with Crippen LogP contribution in [0.25, 0.3) is 0 Å². The largest absolute Gasteiger partial charge is 0.356 e. The van der Waals surface area contributed by atoms with E-state index < -0.39 is 0 Å². The summed E-state index contributed by atoms with van der Waals surface area (Å²) in [7, 11) is 0. The summed E-state index contributed by atoms with van der Waals surface area (Å²) in [5, 5.41) is 6.84.